The second-order valence-corrected chi connectivity index (χ2v) is 12.1. The molecule has 0 saturated carbocycles. The van der Waals surface area contributed by atoms with Gasteiger partial charge in [0.1, 0.15) is 17.5 Å². The van der Waals surface area contributed by atoms with Gasteiger partial charge >= 0.3 is 0 Å². The first-order valence-corrected chi connectivity index (χ1v) is 15.0. The van der Waals surface area contributed by atoms with Gasteiger partial charge in [-0.2, -0.15) is 0 Å². The number of rotatable bonds is 11. The Kier molecular flexibility index (Phi) is 9.50. The Morgan fingerprint density at radius 3 is 2.38 bits per heavy atom. The van der Waals surface area contributed by atoms with Crippen LogP contribution in [0.25, 0.3) is 0 Å². The largest absolute Gasteiger partial charge is 0.354 e. The first kappa shape index (κ1) is 29.6. The van der Waals surface area contributed by atoms with Crippen molar-refractivity contribution in [3.05, 3.63) is 99.5 Å². The molecule has 3 aromatic rings. The van der Waals surface area contributed by atoms with Gasteiger partial charge in [-0.15, -0.1) is 0 Å². The monoisotopic (exact) mass is 601 g/mol. The van der Waals surface area contributed by atoms with E-state index in [9.17, 15) is 22.8 Å². The number of benzene rings is 3. The first-order valence-electron chi connectivity index (χ1n) is 12.8. The molecule has 0 aliphatic carbocycles. The molecule has 210 valence electrons. The van der Waals surface area contributed by atoms with Crippen molar-refractivity contribution in [2.24, 2.45) is 0 Å². The van der Waals surface area contributed by atoms with Gasteiger partial charge in [-0.1, -0.05) is 85.1 Å². The summed E-state index contributed by atoms with van der Waals surface area (Å²) in [6.45, 7) is 1.53. The van der Waals surface area contributed by atoms with E-state index in [1.54, 1.807) is 18.2 Å². The van der Waals surface area contributed by atoms with Gasteiger partial charge in [-0.25, -0.2) is 12.7 Å². The molecule has 0 radical (unpaired) electrons. The third kappa shape index (κ3) is 6.49. The quantitative estimate of drug-likeness (QED) is 0.321. The number of hydrogen-bond acceptors (Lipinski definition) is 5. The molecule has 1 aliphatic heterocycles. The highest BCUT2D eigenvalue weighted by molar-refractivity contribution is 7.90. The number of carbonyl (C=O) groups is 3. The number of amides is 3. The van der Waals surface area contributed by atoms with Crippen LogP contribution in [0.3, 0.4) is 0 Å². The van der Waals surface area contributed by atoms with Crippen molar-refractivity contribution < 1.29 is 22.8 Å². The highest BCUT2D eigenvalue weighted by atomic mass is 35.5. The van der Waals surface area contributed by atoms with E-state index in [4.69, 9.17) is 23.2 Å². The first-order chi connectivity index (χ1) is 19.1. The van der Waals surface area contributed by atoms with Crippen LogP contribution in [0.4, 0.5) is 0 Å². The predicted octanol–water partition coefficient (Wildman–Crippen LogP) is 4.69. The van der Waals surface area contributed by atoms with Crippen LogP contribution in [-0.2, 0) is 32.6 Å². The summed E-state index contributed by atoms with van der Waals surface area (Å²) < 4.78 is 26.9. The van der Waals surface area contributed by atoms with E-state index in [0.717, 1.165) is 18.4 Å². The van der Waals surface area contributed by atoms with Gasteiger partial charge in [0.15, 0.2) is 0 Å². The van der Waals surface area contributed by atoms with E-state index >= 15 is 0 Å². The number of nitrogens with zero attached hydrogens (tertiary/aromatic N) is 2. The fourth-order valence-electron chi connectivity index (χ4n) is 4.49. The van der Waals surface area contributed by atoms with Crippen molar-refractivity contribution in [1.29, 1.82) is 0 Å². The Bertz CT molecular complexity index is 1520. The number of fused-ring (bicyclic) bond motifs is 1. The molecule has 0 bridgehead atoms. The van der Waals surface area contributed by atoms with Gasteiger partial charge in [-0.3, -0.25) is 14.4 Å². The molecule has 40 heavy (non-hydrogen) atoms. The van der Waals surface area contributed by atoms with Crippen LogP contribution in [0.1, 0.15) is 41.3 Å². The van der Waals surface area contributed by atoms with Gasteiger partial charge < -0.3 is 10.2 Å². The Morgan fingerprint density at radius 1 is 1.00 bits per heavy atom. The fourth-order valence-corrected chi connectivity index (χ4v) is 6.48. The van der Waals surface area contributed by atoms with E-state index in [0.29, 0.717) is 21.4 Å². The third-order valence-corrected chi connectivity index (χ3v) is 9.02. The number of hydrogen-bond donors (Lipinski definition) is 1. The molecule has 3 amide bonds. The Morgan fingerprint density at radius 2 is 1.70 bits per heavy atom. The van der Waals surface area contributed by atoms with E-state index < -0.39 is 40.3 Å². The number of sulfonamides is 1. The second-order valence-electron chi connectivity index (χ2n) is 9.42. The van der Waals surface area contributed by atoms with Crippen LogP contribution in [0.5, 0.6) is 0 Å². The molecule has 0 spiro atoms. The minimum Gasteiger partial charge on any atom is -0.354 e. The molecule has 0 saturated heterocycles. The zero-order chi connectivity index (χ0) is 28.9. The molecule has 4 rings (SSSR count). The molecule has 0 aromatic heterocycles. The zero-order valence-corrected chi connectivity index (χ0v) is 24.2. The van der Waals surface area contributed by atoms with Crippen molar-refractivity contribution in [1.82, 2.24) is 14.5 Å². The Labute approximate surface area is 243 Å². The summed E-state index contributed by atoms with van der Waals surface area (Å²) in [6.07, 6.45) is 1.78. The van der Waals surface area contributed by atoms with Crippen molar-refractivity contribution in [3.8, 4) is 0 Å². The number of nitrogens with one attached hydrogen (secondary N) is 1. The van der Waals surface area contributed by atoms with E-state index in [1.807, 2.05) is 37.3 Å². The SMILES string of the molecule is CCCCNC(=O)[C@H](Cc1ccccc1)N(Cc1ccc(Cl)cc1Cl)C(=O)CN1C(=O)c2ccccc2S1(=O)=O. The summed E-state index contributed by atoms with van der Waals surface area (Å²) in [6, 6.07) is 18.8. The molecule has 1 aliphatic rings. The smallest absolute Gasteiger partial charge is 0.269 e. The lowest BCUT2D eigenvalue weighted by Crippen LogP contribution is -2.53. The minimum atomic E-state index is -4.24. The van der Waals surface area contributed by atoms with Gasteiger partial charge in [0, 0.05) is 29.6 Å². The van der Waals surface area contributed by atoms with Crippen LogP contribution in [0, 0.1) is 0 Å². The van der Waals surface area contributed by atoms with Gasteiger partial charge in [0.2, 0.25) is 11.8 Å². The molecular weight excluding hydrogens is 573 g/mol. The van der Waals surface area contributed by atoms with Crippen molar-refractivity contribution in [2.75, 3.05) is 13.1 Å². The standard InChI is InChI=1S/C29H29Cl2N3O5S/c1-2-3-15-32-28(36)25(16-20-9-5-4-6-10-20)33(18-21-13-14-22(30)17-24(21)31)27(35)19-34-29(37)23-11-7-8-12-26(23)40(34,38)39/h4-14,17,25H,2-3,15-16,18-19H2,1H3,(H,32,36)/t25-/m0/s1. The highest BCUT2D eigenvalue weighted by Crippen LogP contribution is 2.30. The normalized spacial score (nSPS) is 14.5. The average molecular weight is 603 g/mol. The van der Waals surface area contributed by atoms with Crippen LogP contribution in [-0.4, -0.2) is 54.5 Å². The maximum Gasteiger partial charge on any atom is 0.269 e. The summed E-state index contributed by atoms with van der Waals surface area (Å²) in [5, 5.41) is 3.58. The summed E-state index contributed by atoms with van der Waals surface area (Å²) in [7, 11) is -4.24. The van der Waals surface area contributed by atoms with Crippen LogP contribution in [0.2, 0.25) is 10.0 Å². The number of halogens is 2. The van der Waals surface area contributed by atoms with Crippen molar-refractivity contribution >= 4 is 50.9 Å². The van der Waals surface area contributed by atoms with Gasteiger partial charge in [0.25, 0.3) is 15.9 Å². The van der Waals surface area contributed by atoms with Crippen LogP contribution in [0.15, 0.2) is 77.7 Å². The topological polar surface area (TPSA) is 104 Å². The summed E-state index contributed by atoms with van der Waals surface area (Å²) >= 11 is 12.5. The lowest BCUT2D eigenvalue weighted by atomic mass is 10.0. The van der Waals surface area contributed by atoms with E-state index in [-0.39, 0.29) is 28.4 Å². The average Bonchev–Trinajstić information content (AvgIpc) is 3.13. The van der Waals surface area contributed by atoms with Crippen molar-refractivity contribution in [3.63, 3.8) is 0 Å². The molecule has 1 N–H and O–H groups in total. The molecule has 3 aromatic carbocycles. The summed E-state index contributed by atoms with van der Waals surface area (Å²) in [5.41, 5.74) is 1.31. The van der Waals surface area contributed by atoms with Crippen molar-refractivity contribution in [2.45, 2.75) is 43.7 Å². The zero-order valence-electron chi connectivity index (χ0n) is 21.8. The number of unbranched alkanes of at least 4 members (excludes halogenated alkanes) is 1. The fraction of sp³-hybridized carbons (Fsp3) is 0.276. The Balaban J connectivity index is 1.72. The predicted molar refractivity (Wildman–Crippen MR) is 154 cm³/mol. The maximum atomic E-state index is 14.0. The minimum absolute atomic E-state index is 0.000685. The number of carbonyl (C=O) groups excluding carboxylic acids is 3. The lowest BCUT2D eigenvalue weighted by Gasteiger charge is -2.32. The third-order valence-electron chi connectivity index (χ3n) is 6.65. The van der Waals surface area contributed by atoms with Crippen LogP contribution >= 0.6 is 23.2 Å². The molecule has 1 atom stereocenters. The summed E-state index contributed by atoms with van der Waals surface area (Å²) in [5.74, 6) is -1.91. The molecule has 8 nitrogen and oxygen atoms in total. The van der Waals surface area contributed by atoms with Crippen LogP contribution < -0.4 is 5.32 Å². The highest BCUT2D eigenvalue weighted by Gasteiger charge is 2.43. The molecule has 0 fully saturated rings. The molecule has 1 heterocycles. The van der Waals surface area contributed by atoms with Gasteiger partial charge in [-0.05, 0) is 41.8 Å². The Hall–Kier alpha value is -3.40. The molecule has 11 heteroatoms. The summed E-state index contributed by atoms with van der Waals surface area (Å²) in [4.78, 5) is 41.7. The lowest BCUT2D eigenvalue weighted by molar-refractivity contribution is -0.141. The maximum absolute atomic E-state index is 14.0. The van der Waals surface area contributed by atoms with E-state index in [2.05, 4.69) is 5.32 Å². The second kappa shape index (κ2) is 12.8. The van der Waals surface area contributed by atoms with E-state index in [1.165, 1.54) is 29.2 Å². The molecule has 0 unspecified atom stereocenters. The molecular formula is C29H29Cl2N3O5S. The van der Waals surface area contributed by atoms with Gasteiger partial charge in [0.05, 0.1) is 5.56 Å².